The first-order valence-electron chi connectivity index (χ1n) is 9.20. The molecule has 4 rings (SSSR count). The van der Waals surface area contributed by atoms with Gasteiger partial charge in [-0.2, -0.15) is 0 Å². The van der Waals surface area contributed by atoms with E-state index >= 15 is 0 Å². The van der Waals surface area contributed by atoms with Crippen LogP contribution in [0.5, 0.6) is 0 Å². The number of nitrogens with one attached hydrogen (secondary N) is 4. The highest BCUT2D eigenvalue weighted by Crippen LogP contribution is 2.19. The van der Waals surface area contributed by atoms with Crippen LogP contribution in [-0.2, 0) is 6.42 Å². The average Bonchev–Trinajstić information content (AvgIpc) is 3.40. The van der Waals surface area contributed by atoms with Crippen LogP contribution in [0, 0.1) is 0 Å². The molecule has 1 aliphatic rings. The fraction of sp³-hybridized carbons (Fsp3) is 0.238. The first kappa shape index (κ1) is 17.1. The van der Waals surface area contributed by atoms with E-state index < -0.39 is 0 Å². The maximum absolute atomic E-state index is 12.3. The third kappa shape index (κ3) is 4.28. The number of fused-ring (bicyclic) bond motifs is 1. The number of carbonyl (C=O) groups is 2. The number of rotatable bonds is 6. The van der Waals surface area contributed by atoms with E-state index in [-0.39, 0.29) is 11.9 Å². The Kier molecular flexibility index (Phi) is 4.78. The summed E-state index contributed by atoms with van der Waals surface area (Å²) in [6.07, 6.45) is 4.84. The monoisotopic (exact) mass is 362 g/mol. The average molecular weight is 362 g/mol. The van der Waals surface area contributed by atoms with Gasteiger partial charge < -0.3 is 20.9 Å². The minimum Gasteiger partial charge on any atom is -0.361 e. The van der Waals surface area contributed by atoms with Gasteiger partial charge >= 0.3 is 6.03 Å². The highest BCUT2D eigenvalue weighted by atomic mass is 16.2. The maximum atomic E-state index is 12.3. The van der Waals surface area contributed by atoms with Gasteiger partial charge in [-0.1, -0.05) is 18.2 Å². The molecule has 27 heavy (non-hydrogen) atoms. The first-order chi connectivity index (χ1) is 13.2. The third-order valence-corrected chi connectivity index (χ3v) is 4.67. The van der Waals surface area contributed by atoms with Crippen molar-refractivity contribution in [3.8, 4) is 0 Å². The van der Waals surface area contributed by atoms with Gasteiger partial charge in [-0.3, -0.25) is 4.79 Å². The van der Waals surface area contributed by atoms with Crippen LogP contribution < -0.4 is 16.0 Å². The fourth-order valence-corrected chi connectivity index (χ4v) is 3.04. The molecule has 138 valence electrons. The summed E-state index contributed by atoms with van der Waals surface area (Å²) in [5.74, 6) is -0.121. The molecule has 4 N–H and O–H groups in total. The summed E-state index contributed by atoms with van der Waals surface area (Å²) >= 11 is 0. The van der Waals surface area contributed by atoms with Crippen molar-refractivity contribution in [2.45, 2.75) is 25.3 Å². The zero-order valence-corrected chi connectivity index (χ0v) is 14.9. The van der Waals surface area contributed by atoms with Crippen LogP contribution >= 0.6 is 0 Å². The van der Waals surface area contributed by atoms with Crippen LogP contribution in [0.3, 0.4) is 0 Å². The fourth-order valence-electron chi connectivity index (χ4n) is 3.04. The van der Waals surface area contributed by atoms with E-state index in [2.05, 4.69) is 27.0 Å². The smallest absolute Gasteiger partial charge is 0.319 e. The molecule has 0 saturated heterocycles. The zero-order valence-electron chi connectivity index (χ0n) is 14.9. The number of anilines is 1. The number of urea groups is 1. The molecule has 0 bridgehead atoms. The van der Waals surface area contributed by atoms with E-state index in [9.17, 15) is 9.59 Å². The van der Waals surface area contributed by atoms with Gasteiger partial charge in [-0.25, -0.2) is 4.79 Å². The molecule has 0 radical (unpaired) electrons. The lowest BCUT2D eigenvalue weighted by molar-refractivity contribution is 0.0954. The number of aromatic amines is 1. The van der Waals surface area contributed by atoms with Crippen LogP contribution in [0.1, 0.15) is 28.8 Å². The van der Waals surface area contributed by atoms with Crippen molar-refractivity contribution in [1.82, 2.24) is 15.6 Å². The van der Waals surface area contributed by atoms with E-state index in [0.717, 1.165) is 24.8 Å². The Labute approximate surface area is 157 Å². The lowest BCUT2D eigenvalue weighted by atomic mass is 10.1. The van der Waals surface area contributed by atoms with Crippen LogP contribution in [0.15, 0.2) is 54.7 Å². The lowest BCUT2D eigenvalue weighted by Gasteiger charge is -2.08. The minimum absolute atomic E-state index is 0.121. The second-order valence-electron chi connectivity index (χ2n) is 6.82. The molecule has 1 aliphatic carbocycles. The molecule has 1 fully saturated rings. The van der Waals surface area contributed by atoms with E-state index in [1.807, 2.05) is 24.4 Å². The van der Waals surface area contributed by atoms with Crippen molar-refractivity contribution >= 4 is 28.5 Å². The molecule has 3 amide bonds. The van der Waals surface area contributed by atoms with Crippen molar-refractivity contribution in [2.24, 2.45) is 0 Å². The summed E-state index contributed by atoms with van der Waals surface area (Å²) in [7, 11) is 0. The number of hydrogen-bond acceptors (Lipinski definition) is 2. The summed E-state index contributed by atoms with van der Waals surface area (Å²) in [4.78, 5) is 27.3. The van der Waals surface area contributed by atoms with Gasteiger partial charge in [0.15, 0.2) is 0 Å². The highest BCUT2D eigenvalue weighted by Gasteiger charge is 2.23. The van der Waals surface area contributed by atoms with Gasteiger partial charge in [-0.15, -0.1) is 0 Å². The Morgan fingerprint density at radius 2 is 1.81 bits per heavy atom. The Balaban J connectivity index is 1.28. The van der Waals surface area contributed by atoms with E-state index in [1.165, 1.54) is 10.9 Å². The molecule has 3 aromatic rings. The summed E-state index contributed by atoms with van der Waals surface area (Å²) < 4.78 is 0. The largest absolute Gasteiger partial charge is 0.361 e. The van der Waals surface area contributed by atoms with Crippen LogP contribution in [0.2, 0.25) is 0 Å². The molecular weight excluding hydrogens is 340 g/mol. The minimum atomic E-state index is -0.201. The molecule has 1 saturated carbocycles. The van der Waals surface area contributed by atoms with Crippen LogP contribution in [0.25, 0.3) is 10.9 Å². The second kappa shape index (κ2) is 7.53. The Hall–Kier alpha value is -3.28. The maximum Gasteiger partial charge on any atom is 0.319 e. The summed E-state index contributed by atoms with van der Waals surface area (Å²) in [5, 5.41) is 9.77. The molecule has 1 heterocycles. The van der Waals surface area contributed by atoms with Crippen molar-refractivity contribution < 1.29 is 9.59 Å². The van der Waals surface area contributed by atoms with Crippen LogP contribution in [-0.4, -0.2) is 29.5 Å². The number of benzene rings is 2. The second-order valence-corrected chi connectivity index (χ2v) is 6.82. The Bertz CT molecular complexity index is 958. The van der Waals surface area contributed by atoms with E-state index in [1.54, 1.807) is 24.3 Å². The first-order valence-corrected chi connectivity index (χ1v) is 9.20. The predicted octanol–water partition coefficient (Wildman–Crippen LogP) is 3.42. The van der Waals surface area contributed by atoms with Gasteiger partial charge in [0.2, 0.25) is 0 Å². The molecular formula is C21H22N4O2. The summed E-state index contributed by atoms with van der Waals surface area (Å²) in [5.41, 5.74) is 3.53. The number of amides is 3. The van der Waals surface area contributed by atoms with Gasteiger partial charge in [0.05, 0.1) is 0 Å². The van der Waals surface area contributed by atoms with Crippen molar-refractivity contribution in [3.63, 3.8) is 0 Å². The molecule has 1 aromatic heterocycles. The topological polar surface area (TPSA) is 86.0 Å². The number of hydrogen-bond donors (Lipinski definition) is 4. The molecule has 0 unspecified atom stereocenters. The molecule has 6 heteroatoms. The Morgan fingerprint density at radius 1 is 1.04 bits per heavy atom. The Morgan fingerprint density at radius 3 is 2.59 bits per heavy atom. The lowest BCUT2D eigenvalue weighted by Crippen LogP contribution is -2.30. The van der Waals surface area contributed by atoms with Gasteiger partial charge in [-0.05, 0) is 55.2 Å². The molecule has 0 aliphatic heterocycles. The normalized spacial score (nSPS) is 13.3. The van der Waals surface area contributed by atoms with Crippen molar-refractivity contribution in [3.05, 3.63) is 65.9 Å². The third-order valence-electron chi connectivity index (χ3n) is 4.67. The highest BCUT2D eigenvalue weighted by molar-refractivity contribution is 5.95. The van der Waals surface area contributed by atoms with Gasteiger partial charge in [0, 0.05) is 40.9 Å². The van der Waals surface area contributed by atoms with Crippen molar-refractivity contribution in [1.29, 1.82) is 0 Å². The number of para-hydroxylation sites is 1. The van der Waals surface area contributed by atoms with E-state index in [0.29, 0.717) is 23.8 Å². The SMILES string of the molecule is O=C(Nc1ccc(C(=O)NCCc2c[nH]c3ccccc23)cc1)NC1CC1. The van der Waals surface area contributed by atoms with E-state index in [4.69, 9.17) is 0 Å². The van der Waals surface area contributed by atoms with Gasteiger partial charge in [0.1, 0.15) is 0 Å². The number of aromatic nitrogens is 1. The van der Waals surface area contributed by atoms with Gasteiger partial charge in [0.25, 0.3) is 5.91 Å². The number of carbonyl (C=O) groups excluding carboxylic acids is 2. The summed E-state index contributed by atoms with van der Waals surface area (Å²) in [6.45, 7) is 0.560. The standard InChI is InChI=1S/C21H22N4O2/c26-20(22-12-11-15-13-23-19-4-2-1-3-18(15)19)14-5-7-16(8-6-14)24-21(27)25-17-9-10-17/h1-8,13,17,23H,9-12H2,(H,22,26)(H2,24,25,27). The quantitative estimate of drug-likeness (QED) is 0.541. The van der Waals surface area contributed by atoms with Crippen LogP contribution in [0.4, 0.5) is 10.5 Å². The molecule has 0 atom stereocenters. The zero-order chi connectivity index (χ0) is 18.6. The summed E-state index contributed by atoms with van der Waals surface area (Å²) in [6, 6.07) is 15.1. The predicted molar refractivity (Wildman–Crippen MR) is 106 cm³/mol. The molecule has 2 aromatic carbocycles. The van der Waals surface area contributed by atoms with Crippen molar-refractivity contribution in [2.75, 3.05) is 11.9 Å². The molecule has 0 spiro atoms. The number of H-pyrrole nitrogens is 1. The molecule has 6 nitrogen and oxygen atoms in total.